The minimum absolute atomic E-state index is 0.167. The van der Waals surface area contributed by atoms with E-state index < -0.39 is 23.7 Å². The number of rotatable bonds is 3. The van der Waals surface area contributed by atoms with E-state index in [4.69, 9.17) is 16.7 Å². The lowest BCUT2D eigenvalue weighted by Gasteiger charge is -2.09. The predicted octanol–water partition coefficient (Wildman–Crippen LogP) is 1.68. The van der Waals surface area contributed by atoms with Gasteiger partial charge in [-0.05, 0) is 25.1 Å². The van der Waals surface area contributed by atoms with E-state index in [2.05, 4.69) is 5.32 Å². The molecule has 0 saturated heterocycles. The van der Waals surface area contributed by atoms with Gasteiger partial charge in [-0.3, -0.25) is 9.59 Å². The summed E-state index contributed by atoms with van der Waals surface area (Å²) in [6, 6.07) is 2.46. The van der Waals surface area contributed by atoms with Crippen molar-refractivity contribution in [3.8, 4) is 0 Å². The van der Waals surface area contributed by atoms with Crippen LogP contribution in [0.1, 0.15) is 17.3 Å². The Balaban J connectivity index is 2.85. The van der Waals surface area contributed by atoms with E-state index in [9.17, 15) is 14.0 Å². The number of carboxylic acids is 1. The maximum absolute atomic E-state index is 13.3. The lowest BCUT2D eigenvalue weighted by Crippen LogP contribution is -2.38. The minimum Gasteiger partial charge on any atom is -0.480 e. The molecule has 0 aliphatic carbocycles. The Kier molecular flexibility index (Phi) is 3.84. The molecular weight excluding hydrogens is 237 g/mol. The second-order valence-corrected chi connectivity index (χ2v) is 3.59. The van der Waals surface area contributed by atoms with Crippen molar-refractivity contribution in [2.75, 3.05) is 0 Å². The number of carbonyl (C=O) groups excluding carboxylic acids is 1. The first kappa shape index (κ1) is 12.4. The van der Waals surface area contributed by atoms with Gasteiger partial charge in [-0.25, -0.2) is 4.39 Å². The van der Waals surface area contributed by atoms with Crippen molar-refractivity contribution in [2.45, 2.75) is 13.0 Å². The number of amides is 1. The van der Waals surface area contributed by atoms with Crippen molar-refractivity contribution in [1.82, 2.24) is 5.32 Å². The zero-order valence-corrected chi connectivity index (χ0v) is 9.08. The Labute approximate surface area is 96.0 Å². The third-order valence-electron chi connectivity index (χ3n) is 1.89. The summed E-state index contributed by atoms with van der Waals surface area (Å²) in [6.45, 7) is 1.29. The summed E-state index contributed by atoms with van der Waals surface area (Å²) in [5.74, 6) is -2.77. The summed E-state index contributed by atoms with van der Waals surface area (Å²) in [4.78, 5) is 21.9. The number of benzene rings is 1. The van der Waals surface area contributed by atoms with E-state index in [1.807, 2.05) is 0 Å². The average Bonchev–Trinajstić information content (AvgIpc) is 2.16. The zero-order chi connectivity index (χ0) is 12.3. The van der Waals surface area contributed by atoms with E-state index in [0.717, 1.165) is 6.07 Å². The highest BCUT2D eigenvalue weighted by Gasteiger charge is 2.17. The number of aliphatic carboxylic acids is 1. The lowest BCUT2D eigenvalue weighted by atomic mass is 10.2. The third-order valence-corrected chi connectivity index (χ3v) is 2.13. The van der Waals surface area contributed by atoms with Crippen molar-refractivity contribution < 1.29 is 19.1 Å². The van der Waals surface area contributed by atoms with Crippen molar-refractivity contribution in [1.29, 1.82) is 0 Å². The minimum atomic E-state index is -1.19. The average molecular weight is 246 g/mol. The molecule has 0 aliphatic rings. The summed E-state index contributed by atoms with van der Waals surface area (Å²) in [5.41, 5.74) is -0.238. The van der Waals surface area contributed by atoms with Crippen molar-refractivity contribution in [3.63, 3.8) is 0 Å². The Hall–Kier alpha value is -1.62. The monoisotopic (exact) mass is 245 g/mol. The standard InChI is InChI=1S/C10H9ClFNO3/c1-5(10(15)16)13-9(14)7-3-2-6(11)4-8(7)12/h2-5H,1H3,(H,13,14)(H,15,16). The van der Waals surface area contributed by atoms with Gasteiger partial charge in [0.15, 0.2) is 0 Å². The Morgan fingerprint density at radius 1 is 1.50 bits per heavy atom. The van der Waals surface area contributed by atoms with E-state index in [-0.39, 0.29) is 10.6 Å². The molecule has 86 valence electrons. The van der Waals surface area contributed by atoms with Crippen LogP contribution in [0.15, 0.2) is 18.2 Å². The van der Waals surface area contributed by atoms with Gasteiger partial charge >= 0.3 is 5.97 Å². The highest BCUT2D eigenvalue weighted by molar-refractivity contribution is 6.30. The smallest absolute Gasteiger partial charge is 0.325 e. The fraction of sp³-hybridized carbons (Fsp3) is 0.200. The van der Waals surface area contributed by atoms with Crippen LogP contribution in [0.3, 0.4) is 0 Å². The molecule has 0 aliphatic heterocycles. The number of nitrogens with one attached hydrogen (secondary N) is 1. The summed E-state index contributed by atoms with van der Waals surface area (Å²) in [5, 5.41) is 10.9. The number of carbonyl (C=O) groups is 2. The van der Waals surface area contributed by atoms with E-state index >= 15 is 0 Å². The van der Waals surface area contributed by atoms with E-state index in [1.54, 1.807) is 0 Å². The molecule has 1 aromatic rings. The second kappa shape index (κ2) is 4.94. The first-order valence-corrected chi connectivity index (χ1v) is 4.78. The van der Waals surface area contributed by atoms with Crippen LogP contribution in [0.25, 0.3) is 0 Å². The topological polar surface area (TPSA) is 66.4 Å². The summed E-state index contributed by atoms with van der Waals surface area (Å²) < 4.78 is 13.3. The third kappa shape index (κ3) is 2.93. The Morgan fingerprint density at radius 2 is 2.12 bits per heavy atom. The van der Waals surface area contributed by atoms with Crippen LogP contribution in [0.5, 0.6) is 0 Å². The molecule has 0 spiro atoms. The summed E-state index contributed by atoms with van der Waals surface area (Å²) in [7, 11) is 0. The van der Waals surface area contributed by atoms with Gasteiger partial charge in [0, 0.05) is 5.02 Å². The van der Waals surface area contributed by atoms with Crippen molar-refractivity contribution >= 4 is 23.5 Å². The fourth-order valence-corrected chi connectivity index (χ4v) is 1.17. The molecule has 1 aromatic carbocycles. The number of halogens is 2. The van der Waals surface area contributed by atoms with Gasteiger partial charge in [-0.15, -0.1) is 0 Å². The first-order chi connectivity index (χ1) is 7.41. The molecule has 0 heterocycles. The largest absolute Gasteiger partial charge is 0.480 e. The van der Waals surface area contributed by atoms with Gasteiger partial charge < -0.3 is 10.4 Å². The van der Waals surface area contributed by atoms with Crippen LogP contribution >= 0.6 is 11.6 Å². The van der Waals surface area contributed by atoms with Crippen LogP contribution in [-0.4, -0.2) is 23.0 Å². The molecule has 0 saturated carbocycles. The maximum atomic E-state index is 13.3. The first-order valence-electron chi connectivity index (χ1n) is 4.40. The van der Waals surface area contributed by atoms with Crippen LogP contribution in [-0.2, 0) is 4.79 Å². The normalized spacial score (nSPS) is 11.9. The fourth-order valence-electron chi connectivity index (χ4n) is 1.01. The number of hydrogen-bond donors (Lipinski definition) is 2. The molecule has 1 atom stereocenters. The summed E-state index contributed by atoms with van der Waals surface area (Å²) in [6.07, 6.45) is 0. The Bertz CT molecular complexity index is 436. The molecule has 6 heteroatoms. The molecule has 0 fully saturated rings. The van der Waals surface area contributed by atoms with Crippen LogP contribution in [0.4, 0.5) is 4.39 Å². The second-order valence-electron chi connectivity index (χ2n) is 3.16. The molecule has 1 unspecified atom stereocenters. The molecule has 16 heavy (non-hydrogen) atoms. The number of hydrogen-bond acceptors (Lipinski definition) is 2. The van der Waals surface area contributed by atoms with Crippen molar-refractivity contribution in [2.24, 2.45) is 0 Å². The molecule has 0 bridgehead atoms. The number of carboxylic acid groups (broad SMARTS) is 1. The molecule has 1 amide bonds. The van der Waals surface area contributed by atoms with Gasteiger partial charge in [-0.1, -0.05) is 11.6 Å². The van der Waals surface area contributed by atoms with Crippen LogP contribution < -0.4 is 5.32 Å². The van der Waals surface area contributed by atoms with E-state index in [1.165, 1.54) is 19.1 Å². The van der Waals surface area contributed by atoms with Crippen LogP contribution in [0.2, 0.25) is 5.02 Å². The molecule has 4 nitrogen and oxygen atoms in total. The van der Waals surface area contributed by atoms with Crippen LogP contribution in [0, 0.1) is 5.82 Å². The maximum Gasteiger partial charge on any atom is 0.325 e. The lowest BCUT2D eigenvalue weighted by molar-refractivity contribution is -0.138. The van der Waals surface area contributed by atoms with Gasteiger partial charge in [0.2, 0.25) is 0 Å². The molecule has 0 aromatic heterocycles. The van der Waals surface area contributed by atoms with E-state index in [0.29, 0.717) is 0 Å². The van der Waals surface area contributed by atoms with Gasteiger partial charge in [-0.2, -0.15) is 0 Å². The highest BCUT2D eigenvalue weighted by Crippen LogP contribution is 2.14. The molecule has 0 radical (unpaired) electrons. The molecule has 2 N–H and O–H groups in total. The molecule has 1 rings (SSSR count). The van der Waals surface area contributed by atoms with Gasteiger partial charge in [0.25, 0.3) is 5.91 Å². The SMILES string of the molecule is CC(NC(=O)c1ccc(Cl)cc1F)C(=O)O. The van der Waals surface area contributed by atoms with Gasteiger partial charge in [0.1, 0.15) is 11.9 Å². The van der Waals surface area contributed by atoms with Crippen molar-refractivity contribution in [3.05, 3.63) is 34.6 Å². The zero-order valence-electron chi connectivity index (χ0n) is 8.33. The predicted molar refractivity (Wildman–Crippen MR) is 56.0 cm³/mol. The Morgan fingerprint density at radius 3 is 2.62 bits per heavy atom. The van der Waals surface area contributed by atoms with Gasteiger partial charge in [0.05, 0.1) is 5.56 Å². The summed E-state index contributed by atoms with van der Waals surface area (Å²) >= 11 is 5.51. The highest BCUT2D eigenvalue weighted by atomic mass is 35.5. The quantitative estimate of drug-likeness (QED) is 0.852. The molecular formula is C10H9ClFNO3.